The molecule has 184 valence electrons. The Morgan fingerprint density at radius 3 is 2.75 bits per heavy atom. The van der Waals surface area contributed by atoms with Crippen molar-refractivity contribution in [1.29, 1.82) is 10.5 Å². The number of carbonyl (C=O) groups is 2. The molecule has 3 aromatic heterocycles. The number of furan rings is 1. The molecule has 1 aliphatic rings. The van der Waals surface area contributed by atoms with E-state index in [-0.39, 0.29) is 41.4 Å². The molecule has 0 aromatic carbocycles. The zero-order valence-corrected chi connectivity index (χ0v) is 21.2. The third-order valence-corrected chi connectivity index (χ3v) is 7.84. The summed E-state index contributed by atoms with van der Waals surface area (Å²) in [5, 5.41) is 23.1. The Morgan fingerprint density at radius 1 is 1.28 bits per heavy atom. The summed E-state index contributed by atoms with van der Waals surface area (Å²) in [6.07, 6.45) is 5.30. The molecule has 1 amide bonds. The molecule has 4 rings (SSSR count). The van der Waals surface area contributed by atoms with E-state index >= 15 is 0 Å². The SMILES string of the molecule is CCOC(=O)c1c(NC(=O)CCSc2nc(N)c(C#N)c(-c3ccco3)c2C#N)sc2c1CCCC2. The minimum atomic E-state index is -0.414. The van der Waals surface area contributed by atoms with Gasteiger partial charge in [-0.1, -0.05) is 0 Å². The summed E-state index contributed by atoms with van der Waals surface area (Å²) < 4.78 is 10.7. The molecule has 11 heteroatoms. The van der Waals surface area contributed by atoms with Gasteiger partial charge in [-0.3, -0.25) is 4.79 Å². The van der Waals surface area contributed by atoms with Crippen LogP contribution in [0.4, 0.5) is 10.8 Å². The number of nitrogens with zero attached hydrogens (tertiary/aromatic N) is 3. The first-order valence-electron chi connectivity index (χ1n) is 11.4. The van der Waals surface area contributed by atoms with Crippen LogP contribution in [0, 0.1) is 22.7 Å². The Labute approximate surface area is 216 Å². The third kappa shape index (κ3) is 5.08. The van der Waals surface area contributed by atoms with Crippen LogP contribution in [0.25, 0.3) is 11.3 Å². The Morgan fingerprint density at radius 2 is 2.06 bits per heavy atom. The Balaban J connectivity index is 1.50. The lowest BCUT2D eigenvalue weighted by molar-refractivity contribution is -0.115. The Kier molecular flexibility index (Phi) is 7.93. The monoisotopic (exact) mass is 521 g/mol. The van der Waals surface area contributed by atoms with Gasteiger partial charge in [-0.05, 0) is 50.3 Å². The summed E-state index contributed by atoms with van der Waals surface area (Å²) in [7, 11) is 0. The number of anilines is 2. The number of nitrogens with one attached hydrogen (secondary N) is 1. The fraction of sp³-hybridized carbons (Fsp3) is 0.320. The number of aromatic nitrogens is 1. The summed E-state index contributed by atoms with van der Waals surface area (Å²) >= 11 is 2.62. The minimum absolute atomic E-state index is 0.0157. The first-order chi connectivity index (χ1) is 17.5. The first-order valence-corrected chi connectivity index (χ1v) is 13.2. The van der Waals surface area contributed by atoms with E-state index in [1.54, 1.807) is 19.1 Å². The number of pyridine rings is 1. The van der Waals surface area contributed by atoms with Gasteiger partial charge < -0.3 is 20.2 Å². The molecule has 0 atom stereocenters. The Bertz CT molecular complexity index is 1380. The van der Waals surface area contributed by atoms with E-state index in [0.29, 0.717) is 27.1 Å². The van der Waals surface area contributed by atoms with Crippen molar-refractivity contribution in [2.45, 2.75) is 44.1 Å². The molecule has 0 saturated carbocycles. The minimum Gasteiger partial charge on any atom is -0.464 e. The van der Waals surface area contributed by atoms with Gasteiger partial charge in [0.2, 0.25) is 5.91 Å². The molecule has 3 aromatic rings. The standard InChI is InChI=1S/C25H23N5O4S2/c1-2-33-25(32)21-14-6-3-4-8-18(14)36-24(21)29-19(31)9-11-35-23-16(13-27)20(17-7-5-10-34-17)15(12-26)22(28)30-23/h5,7,10H,2-4,6,8-9,11H2,1H3,(H2,28,30)(H,29,31). The smallest absolute Gasteiger partial charge is 0.341 e. The van der Waals surface area contributed by atoms with Gasteiger partial charge in [0.15, 0.2) is 0 Å². The fourth-order valence-electron chi connectivity index (χ4n) is 4.07. The number of esters is 1. The molecule has 0 spiro atoms. The molecule has 0 saturated heterocycles. The first kappa shape index (κ1) is 25.3. The number of hydrogen-bond donors (Lipinski definition) is 2. The van der Waals surface area contributed by atoms with Crippen molar-refractivity contribution in [3.8, 4) is 23.5 Å². The predicted molar refractivity (Wildman–Crippen MR) is 137 cm³/mol. The second-order valence-corrected chi connectivity index (χ2v) is 10.1. The van der Waals surface area contributed by atoms with Crippen LogP contribution in [-0.2, 0) is 22.4 Å². The number of nitriles is 2. The highest BCUT2D eigenvalue weighted by Crippen LogP contribution is 2.39. The van der Waals surface area contributed by atoms with Crippen LogP contribution in [0.3, 0.4) is 0 Å². The Hall–Kier alpha value is -3.80. The summed E-state index contributed by atoms with van der Waals surface area (Å²) in [5.74, 6) is -0.0555. The maximum Gasteiger partial charge on any atom is 0.341 e. The maximum atomic E-state index is 12.8. The molecule has 0 unspecified atom stereocenters. The third-order valence-electron chi connectivity index (χ3n) is 5.65. The molecule has 36 heavy (non-hydrogen) atoms. The summed E-state index contributed by atoms with van der Waals surface area (Å²) in [6.45, 7) is 2.01. The molecule has 3 N–H and O–H groups in total. The van der Waals surface area contributed by atoms with Crippen LogP contribution in [0.1, 0.15) is 58.1 Å². The topological polar surface area (TPSA) is 155 Å². The van der Waals surface area contributed by atoms with Gasteiger partial charge in [0.1, 0.15) is 39.3 Å². The second kappa shape index (κ2) is 11.3. The van der Waals surface area contributed by atoms with Crippen molar-refractivity contribution >= 4 is 45.8 Å². The summed E-state index contributed by atoms with van der Waals surface area (Å²) in [4.78, 5) is 30.7. The molecule has 3 heterocycles. The van der Waals surface area contributed by atoms with E-state index in [0.717, 1.165) is 36.1 Å². The zero-order valence-electron chi connectivity index (χ0n) is 19.6. The van der Waals surface area contributed by atoms with Crippen molar-refractivity contribution in [2.75, 3.05) is 23.4 Å². The number of aryl methyl sites for hydroxylation is 1. The highest BCUT2D eigenvalue weighted by Gasteiger charge is 2.27. The van der Waals surface area contributed by atoms with E-state index in [1.807, 2.05) is 6.07 Å². The molecule has 0 aliphatic heterocycles. The van der Waals surface area contributed by atoms with Crippen molar-refractivity contribution in [3.05, 3.63) is 45.5 Å². The van der Waals surface area contributed by atoms with Crippen LogP contribution in [0.15, 0.2) is 27.8 Å². The van der Waals surface area contributed by atoms with Gasteiger partial charge in [0.05, 0.1) is 29.6 Å². The van der Waals surface area contributed by atoms with E-state index in [9.17, 15) is 20.1 Å². The number of carbonyl (C=O) groups excluding carboxylic acids is 2. The number of nitrogen functional groups attached to an aromatic ring is 1. The van der Waals surface area contributed by atoms with E-state index in [2.05, 4.69) is 16.4 Å². The lowest BCUT2D eigenvalue weighted by Crippen LogP contribution is -2.16. The van der Waals surface area contributed by atoms with E-state index in [4.69, 9.17) is 14.9 Å². The lowest BCUT2D eigenvalue weighted by Gasteiger charge is -2.12. The second-order valence-electron chi connectivity index (χ2n) is 7.91. The highest BCUT2D eigenvalue weighted by atomic mass is 32.2. The lowest BCUT2D eigenvalue weighted by atomic mass is 9.95. The zero-order chi connectivity index (χ0) is 25.7. The highest BCUT2D eigenvalue weighted by molar-refractivity contribution is 7.99. The molecule has 9 nitrogen and oxygen atoms in total. The normalized spacial score (nSPS) is 12.3. The van der Waals surface area contributed by atoms with Crippen molar-refractivity contribution in [1.82, 2.24) is 4.98 Å². The quantitative estimate of drug-likeness (QED) is 0.311. The van der Waals surface area contributed by atoms with E-state index < -0.39 is 5.97 Å². The van der Waals surface area contributed by atoms with Crippen LogP contribution in [0.2, 0.25) is 0 Å². The van der Waals surface area contributed by atoms with Crippen molar-refractivity contribution in [2.24, 2.45) is 0 Å². The molecule has 1 aliphatic carbocycles. The largest absolute Gasteiger partial charge is 0.464 e. The number of nitrogens with two attached hydrogens (primary N) is 1. The molecule has 0 fully saturated rings. The van der Waals surface area contributed by atoms with Crippen LogP contribution >= 0.6 is 23.1 Å². The average Bonchev–Trinajstić information content (AvgIpc) is 3.51. The van der Waals surface area contributed by atoms with Gasteiger partial charge in [0, 0.05) is 17.1 Å². The number of thiophene rings is 1. The number of amides is 1. The van der Waals surface area contributed by atoms with Crippen molar-refractivity contribution < 1.29 is 18.7 Å². The molecule has 0 bridgehead atoms. The van der Waals surface area contributed by atoms with Gasteiger partial charge >= 0.3 is 5.97 Å². The van der Waals surface area contributed by atoms with Crippen LogP contribution < -0.4 is 11.1 Å². The number of fused-ring (bicyclic) bond motifs is 1. The maximum absolute atomic E-state index is 12.8. The van der Waals surface area contributed by atoms with Gasteiger partial charge in [-0.25, -0.2) is 9.78 Å². The van der Waals surface area contributed by atoms with Gasteiger partial charge in [0.25, 0.3) is 0 Å². The average molecular weight is 522 g/mol. The molecular weight excluding hydrogens is 498 g/mol. The number of ether oxygens (including phenoxy) is 1. The number of thioether (sulfide) groups is 1. The van der Waals surface area contributed by atoms with Gasteiger partial charge in [-0.2, -0.15) is 10.5 Å². The molecular formula is C25H23N5O4S2. The van der Waals surface area contributed by atoms with Crippen LogP contribution in [0.5, 0.6) is 0 Å². The number of hydrogen-bond acceptors (Lipinski definition) is 10. The van der Waals surface area contributed by atoms with Crippen LogP contribution in [-0.4, -0.2) is 29.2 Å². The summed E-state index contributed by atoms with van der Waals surface area (Å²) in [6, 6.07) is 7.37. The number of rotatable bonds is 8. The predicted octanol–water partition coefficient (Wildman–Crippen LogP) is 4.91. The van der Waals surface area contributed by atoms with E-state index in [1.165, 1.54) is 29.4 Å². The fourth-order valence-corrected chi connectivity index (χ4v) is 6.30. The molecule has 0 radical (unpaired) electrons. The summed E-state index contributed by atoms with van der Waals surface area (Å²) in [5.41, 5.74) is 7.96. The van der Waals surface area contributed by atoms with Crippen molar-refractivity contribution in [3.63, 3.8) is 0 Å². The van der Waals surface area contributed by atoms with Gasteiger partial charge in [-0.15, -0.1) is 23.1 Å².